The van der Waals surface area contributed by atoms with Gasteiger partial charge in [-0.1, -0.05) is 29.8 Å². The van der Waals surface area contributed by atoms with Crippen molar-refractivity contribution < 1.29 is 9.53 Å². The number of morpholine rings is 1. The van der Waals surface area contributed by atoms with Crippen LogP contribution in [0.3, 0.4) is 0 Å². The number of amides is 1. The third-order valence-corrected chi connectivity index (χ3v) is 5.63. The summed E-state index contributed by atoms with van der Waals surface area (Å²) < 4.78 is 7.53. The third kappa shape index (κ3) is 4.60. The fraction of sp³-hybridized carbons (Fsp3) is 0.500. The zero-order valence-corrected chi connectivity index (χ0v) is 17.0. The van der Waals surface area contributed by atoms with Crippen LogP contribution in [0.2, 0.25) is 0 Å². The second-order valence-electron chi connectivity index (χ2n) is 7.47. The van der Waals surface area contributed by atoms with Crippen LogP contribution in [0.15, 0.2) is 24.3 Å². The minimum atomic E-state index is 0.0177. The molecule has 1 aromatic heterocycles. The normalized spacial score (nSPS) is 15.1. The molecule has 1 saturated heterocycles. The van der Waals surface area contributed by atoms with Crippen molar-refractivity contribution in [3.05, 3.63) is 57.9 Å². The van der Waals surface area contributed by atoms with E-state index >= 15 is 0 Å². The molecule has 0 atom stereocenters. The molecule has 5 heteroatoms. The number of nitrogens with zero attached hydrogens (tertiary/aromatic N) is 2. The van der Waals surface area contributed by atoms with Gasteiger partial charge >= 0.3 is 0 Å². The van der Waals surface area contributed by atoms with E-state index in [1.54, 1.807) is 0 Å². The van der Waals surface area contributed by atoms with E-state index < -0.39 is 0 Å². The molecule has 1 N–H and O–H groups in total. The zero-order valence-electron chi connectivity index (χ0n) is 17.0. The van der Waals surface area contributed by atoms with Crippen molar-refractivity contribution in [1.82, 2.24) is 14.8 Å². The monoisotopic (exact) mass is 369 g/mol. The lowest BCUT2D eigenvalue weighted by molar-refractivity contribution is 0.0383. The molecule has 146 valence electrons. The molecule has 2 heterocycles. The predicted molar refractivity (Wildman–Crippen MR) is 109 cm³/mol. The van der Waals surface area contributed by atoms with Gasteiger partial charge in [0, 0.05) is 38.4 Å². The van der Waals surface area contributed by atoms with Gasteiger partial charge in [-0.05, 0) is 44.4 Å². The molecule has 1 fully saturated rings. The third-order valence-electron chi connectivity index (χ3n) is 5.63. The van der Waals surface area contributed by atoms with Gasteiger partial charge in [-0.2, -0.15) is 0 Å². The van der Waals surface area contributed by atoms with E-state index in [1.807, 2.05) is 6.92 Å². The van der Waals surface area contributed by atoms with Crippen LogP contribution >= 0.6 is 0 Å². The molecule has 27 heavy (non-hydrogen) atoms. The lowest BCUT2D eigenvalue weighted by Crippen LogP contribution is -2.41. The Balaban J connectivity index is 1.72. The Labute approximate surface area is 162 Å². The van der Waals surface area contributed by atoms with Gasteiger partial charge in [-0.15, -0.1) is 0 Å². The minimum Gasteiger partial charge on any atom is -0.379 e. The van der Waals surface area contributed by atoms with E-state index in [4.69, 9.17) is 4.74 Å². The highest BCUT2D eigenvalue weighted by Gasteiger charge is 2.21. The Hall–Kier alpha value is -2.11. The number of rotatable bonds is 6. The highest BCUT2D eigenvalue weighted by molar-refractivity contribution is 5.95. The van der Waals surface area contributed by atoms with Crippen molar-refractivity contribution >= 4 is 5.91 Å². The molecule has 1 aromatic carbocycles. The molecule has 0 radical (unpaired) electrons. The maximum absolute atomic E-state index is 13.0. The van der Waals surface area contributed by atoms with Gasteiger partial charge in [0.15, 0.2) is 0 Å². The second-order valence-corrected chi connectivity index (χ2v) is 7.47. The predicted octanol–water partition coefficient (Wildman–Crippen LogP) is 2.83. The number of nitrogens with one attached hydrogen (secondary N) is 1. The summed E-state index contributed by atoms with van der Waals surface area (Å²) in [7, 11) is 0. The Bertz CT molecular complexity index is 787. The van der Waals surface area contributed by atoms with Gasteiger partial charge in [0.2, 0.25) is 0 Å². The average Bonchev–Trinajstić information content (AvgIpc) is 2.88. The molecule has 0 spiro atoms. The number of ether oxygens (including phenoxy) is 1. The van der Waals surface area contributed by atoms with Crippen LogP contribution in [0.4, 0.5) is 0 Å². The largest absolute Gasteiger partial charge is 0.379 e. The Kier molecular flexibility index (Phi) is 6.34. The highest BCUT2D eigenvalue weighted by Crippen LogP contribution is 2.23. The van der Waals surface area contributed by atoms with Crippen molar-refractivity contribution in [2.45, 2.75) is 34.2 Å². The van der Waals surface area contributed by atoms with Crippen molar-refractivity contribution in [2.24, 2.45) is 0 Å². The van der Waals surface area contributed by atoms with E-state index in [0.717, 1.165) is 49.8 Å². The lowest BCUT2D eigenvalue weighted by atomic mass is 10.1. The van der Waals surface area contributed by atoms with Gasteiger partial charge in [0.25, 0.3) is 5.91 Å². The smallest absolute Gasteiger partial charge is 0.268 e. The van der Waals surface area contributed by atoms with Gasteiger partial charge in [-0.25, -0.2) is 0 Å². The van der Waals surface area contributed by atoms with Crippen LogP contribution in [0.1, 0.15) is 38.4 Å². The summed E-state index contributed by atoms with van der Waals surface area (Å²) in [5, 5.41) is 3.12. The number of carbonyl (C=O) groups excluding carboxylic acids is 1. The quantitative estimate of drug-likeness (QED) is 0.852. The molecule has 3 rings (SSSR count). The molecule has 2 aromatic rings. The molecular formula is C22H31N3O2. The van der Waals surface area contributed by atoms with Crippen molar-refractivity contribution in [3.8, 4) is 0 Å². The first-order chi connectivity index (χ1) is 13.0. The summed E-state index contributed by atoms with van der Waals surface area (Å²) in [6, 6.07) is 8.52. The van der Waals surface area contributed by atoms with Crippen molar-refractivity contribution in [3.63, 3.8) is 0 Å². The maximum atomic E-state index is 13.0. The summed E-state index contributed by atoms with van der Waals surface area (Å²) >= 11 is 0. The summed E-state index contributed by atoms with van der Waals surface area (Å²) in [6.07, 6.45) is 0. The first kappa shape index (κ1) is 19.6. The van der Waals surface area contributed by atoms with E-state index in [1.165, 1.54) is 16.7 Å². The standard InChI is InChI=1S/C22H31N3O2/c1-16-5-7-20(8-6-16)15-25-19(4)17(2)18(3)21(25)22(26)23-9-10-24-11-13-27-14-12-24/h5-8H,9-15H2,1-4H3,(H,23,26). The van der Waals surface area contributed by atoms with E-state index in [2.05, 4.69) is 59.8 Å². The molecule has 0 saturated carbocycles. The number of hydrogen-bond donors (Lipinski definition) is 1. The first-order valence-electron chi connectivity index (χ1n) is 9.77. The van der Waals surface area contributed by atoms with E-state index in [0.29, 0.717) is 13.1 Å². The number of benzene rings is 1. The highest BCUT2D eigenvalue weighted by atomic mass is 16.5. The molecule has 0 bridgehead atoms. The second kappa shape index (κ2) is 8.72. The molecule has 0 unspecified atom stereocenters. The van der Waals surface area contributed by atoms with E-state index in [9.17, 15) is 4.79 Å². The topological polar surface area (TPSA) is 46.5 Å². The zero-order chi connectivity index (χ0) is 19.4. The number of hydrogen-bond acceptors (Lipinski definition) is 3. The van der Waals surface area contributed by atoms with Crippen molar-refractivity contribution in [2.75, 3.05) is 39.4 Å². The molecule has 1 aliphatic rings. The number of aromatic nitrogens is 1. The Morgan fingerprint density at radius 3 is 2.37 bits per heavy atom. The van der Waals surface area contributed by atoms with Crippen LogP contribution in [-0.2, 0) is 11.3 Å². The fourth-order valence-corrected chi connectivity index (χ4v) is 3.62. The summed E-state index contributed by atoms with van der Waals surface area (Å²) in [4.78, 5) is 15.3. The van der Waals surface area contributed by atoms with Gasteiger partial charge < -0.3 is 14.6 Å². The van der Waals surface area contributed by atoms with Crippen LogP contribution < -0.4 is 5.32 Å². The molecule has 1 aliphatic heterocycles. The van der Waals surface area contributed by atoms with Crippen LogP contribution in [0, 0.1) is 27.7 Å². The Morgan fingerprint density at radius 2 is 1.70 bits per heavy atom. The van der Waals surface area contributed by atoms with Crippen molar-refractivity contribution in [1.29, 1.82) is 0 Å². The first-order valence-corrected chi connectivity index (χ1v) is 9.77. The molecule has 1 amide bonds. The molecule has 0 aliphatic carbocycles. The maximum Gasteiger partial charge on any atom is 0.268 e. The van der Waals surface area contributed by atoms with Gasteiger partial charge in [0.05, 0.1) is 13.2 Å². The number of aryl methyl sites for hydroxylation is 1. The molecule has 5 nitrogen and oxygen atoms in total. The van der Waals surface area contributed by atoms with Gasteiger partial charge in [0.1, 0.15) is 5.69 Å². The number of carbonyl (C=O) groups is 1. The lowest BCUT2D eigenvalue weighted by Gasteiger charge is -2.26. The average molecular weight is 370 g/mol. The van der Waals surface area contributed by atoms with Crippen LogP contribution in [-0.4, -0.2) is 54.8 Å². The van der Waals surface area contributed by atoms with E-state index in [-0.39, 0.29) is 5.91 Å². The SMILES string of the molecule is Cc1ccc(Cn2c(C)c(C)c(C)c2C(=O)NCCN2CCOCC2)cc1. The minimum absolute atomic E-state index is 0.0177. The summed E-state index contributed by atoms with van der Waals surface area (Å²) in [5.41, 5.74) is 6.67. The van der Waals surface area contributed by atoms with Gasteiger partial charge in [-0.3, -0.25) is 9.69 Å². The van der Waals surface area contributed by atoms with Crippen LogP contribution in [0.25, 0.3) is 0 Å². The summed E-state index contributed by atoms with van der Waals surface area (Å²) in [5.74, 6) is 0.0177. The summed E-state index contributed by atoms with van der Waals surface area (Å²) in [6.45, 7) is 14.0. The molecular weight excluding hydrogens is 338 g/mol. The fourth-order valence-electron chi connectivity index (χ4n) is 3.62. The van der Waals surface area contributed by atoms with Crippen LogP contribution in [0.5, 0.6) is 0 Å². The Morgan fingerprint density at radius 1 is 1.04 bits per heavy atom.